The SMILES string of the molecule is COCCOCCOCCOCCOCCNc1cccc(N)c1. The second-order valence-electron chi connectivity index (χ2n) is 4.99. The quantitative estimate of drug-likeness (QED) is 0.347. The van der Waals surface area contributed by atoms with Crippen LogP contribution in [0, 0.1) is 0 Å². The van der Waals surface area contributed by atoms with Crippen LogP contribution in [0.25, 0.3) is 0 Å². The first kappa shape index (κ1) is 20.7. The lowest BCUT2D eigenvalue weighted by Gasteiger charge is -2.09. The fourth-order valence-corrected chi connectivity index (χ4v) is 1.82. The Kier molecular flexibility index (Phi) is 13.1. The lowest BCUT2D eigenvalue weighted by Crippen LogP contribution is -2.15. The van der Waals surface area contributed by atoms with Crippen molar-refractivity contribution >= 4 is 11.4 Å². The van der Waals surface area contributed by atoms with Gasteiger partial charge in [-0.15, -0.1) is 0 Å². The Morgan fingerprint density at radius 1 is 0.792 bits per heavy atom. The lowest BCUT2D eigenvalue weighted by molar-refractivity contribution is -0.00700. The summed E-state index contributed by atoms with van der Waals surface area (Å²) in [6.07, 6.45) is 0. The summed E-state index contributed by atoms with van der Waals surface area (Å²) >= 11 is 0. The number of benzene rings is 1. The molecule has 1 aromatic carbocycles. The highest BCUT2D eigenvalue weighted by Crippen LogP contribution is 2.10. The summed E-state index contributed by atoms with van der Waals surface area (Å²) in [5, 5.41) is 3.24. The van der Waals surface area contributed by atoms with Crippen molar-refractivity contribution in [2.75, 3.05) is 84.2 Å². The molecule has 0 saturated carbocycles. The van der Waals surface area contributed by atoms with Gasteiger partial charge in [0.25, 0.3) is 0 Å². The summed E-state index contributed by atoms with van der Waals surface area (Å²) in [5.41, 5.74) is 7.45. The second kappa shape index (κ2) is 15.2. The maximum absolute atomic E-state index is 5.70. The van der Waals surface area contributed by atoms with Gasteiger partial charge in [-0.05, 0) is 18.2 Å². The number of nitrogen functional groups attached to an aromatic ring is 1. The molecule has 0 bridgehead atoms. The zero-order valence-electron chi connectivity index (χ0n) is 14.5. The Hall–Kier alpha value is -1.38. The van der Waals surface area contributed by atoms with Crippen LogP contribution in [-0.4, -0.2) is 73.1 Å². The minimum Gasteiger partial charge on any atom is -0.399 e. The minimum absolute atomic E-state index is 0.559. The summed E-state index contributed by atoms with van der Waals surface area (Å²) in [6.45, 7) is 5.95. The predicted octanol–water partition coefficient (Wildman–Crippen LogP) is 1.39. The van der Waals surface area contributed by atoms with Crippen molar-refractivity contribution in [1.29, 1.82) is 0 Å². The molecule has 0 saturated heterocycles. The van der Waals surface area contributed by atoms with E-state index in [4.69, 9.17) is 29.4 Å². The molecule has 0 spiro atoms. The van der Waals surface area contributed by atoms with E-state index in [1.165, 1.54) is 0 Å². The van der Waals surface area contributed by atoms with E-state index in [0.717, 1.165) is 17.9 Å². The summed E-state index contributed by atoms with van der Waals surface area (Å²) < 4.78 is 26.4. The van der Waals surface area contributed by atoms with Gasteiger partial charge < -0.3 is 34.7 Å². The monoisotopic (exact) mass is 342 g/mol. The molecular weight excluding hydrogens is 312 g/mol. The molecular formula is C17H30N2O5. The zero-order chi connectivity index (χ0) is 17.3. The van der Waals surface area contributed by atoms with Gasteiger partial charge in [0.15, 0.2) is 0 Å². The summed E-state index contributed by atoms with van der Waals surface area (Å²) in [5.74, 6) is 0. The molecule has 3 N–H and O–H groups in total. The van der Waals surface area contributed by atoms with Gasteiger partial charge in [-0.2, -0.15) is 0 Å². The van der Waals surface area contributed by atoms with E-state index < -0.39 is 0 Å². The average molecular weight is 342 g/mol. The van der Waals surface area contributed by atoms with Crippen LogP contribution in [0.15, 0.2) is 24.3 Å². The standard InChI is InChI=1S/C17H30N2O5/c1-20-7-8-22-11-12-24-14-13-23-10-9-21-6-5-19-17-4-2-3-16(18)15-17/h2-4,15,19H,5-14,18H2,1H3. The number of hydrogen-bond donors (Lipinski definition) is 2. The molecule has 0 unspecified atom stereocenters. The molecule has 0 aromatic heterocycles. The van der Waals surface area contributed by atoms with Crippen molar-refractivity contribution in [2.24, 2.45) is 0 Å². The van der Waals surface area contributed by atoms with Crippen LogP contribution < -0.4 is 11.1 Å². The number of nitrogens with one attached hydrogen (secondary N) is 1. The molecule has 7 heteroatoms. The maximum Gasteiger partial charge on any atom is 0.0701 e. The highest BCUT2D eigenvalue weighted by molar-refractivity contribution is 5.53. The largest absolute Gasteiger partial charge is 0.399 e. The first-order valence-corrected chi connectivity index (χ1v) is 8.22. The number of hydrogen-bond acceptors (Lipinski definition) is 7. The van der Waals surface area contributed by atoms with Crippen molar-refractivity contribution < 1.29 is 23.7 Å². The van der Waals surface area contributed by atoms with Gasteiger partial charge in [0.2, 0.25) is 0 Å². The van der Waals surface area contributed by atoms with Crippen LogP contribution in [0.3, 0.4) is 0 Å². The van der Waals surface area contributed by atoms with E-state index in [-0.39, 0.29) is 0 Å². The maximum atomic E-state index is 5.70. The molecule has 0 atom stereocenters. The van der Waals surface area contributed by atoms with E-state index in [9.17, 15) is 0 Å². The first-order chi connectivity index (χ1) is 11.8. The van der Waals surface area contributed by atoms with Crippen LogP contribution >= 0.6 is 0 Å². The number of anilines is 2. The molecule has 1 aromatic rings. The highest BCUT2D eigenvalue weighted by atomic mass is 16.6. The Balaban J connectivity index is 1.76. The molecule has 24 heavy (non-hydrogen) atoms. The zero-order valence-corrected chi connectivity index (χ0v) is 14.5. The Bertz CT molecular complexity index is 406. The normalized spacial score (nSPS) is 10.9. The van der Waals surface area contributed by atoms with Gasteiger partial charge in [-0.3, -0.25) is 0 Å². The molecule has 0 aliphatic carbocycles. The van der Waals surface area contributed by atoms with Crippen molar-refractivity contribution in [3.05, 3.63) is 24.3 Å². The summed E-state index contributed by atoms with van der Waals surface area (Å²) in [7, 11) is 1.65. The van der Waals surface area contributed by atoms with E-state index in [2.05, 4.69) is 5.32 Å². The highest BCUT2D eigenvalue weighted by Gasteiger charge is 1.94. The van der Waals surface area contributed by atoms with Crippen LogP contribution in [0.2, 0.25) is 0 Å². The smallest absolute Gasteiger partial charge is 0.0701 e. The fourth-order valence-electron chi connectivity index (χ4n) is 1.82. The summed E-state index contributed by atoms with van der Waals surface area (Å²) in [4.78, 5) is 0. The van der Waals surface area contributed by atoms with Gasteiger partial charge in [0, 0.05) is 25.0 Å². The second-order valence-corrected chi connectivity index (χ2v) is 4.99. The van der Waals surface area contributed by atoms with Crippen molar-refractivity contribution in [3.8, 4) is 0 Å². The molecule has 138 valence electrons. The molecule has 0 aliphatic rings. The van der Waals surface area contributed by atoms with E-state index in [0.29, 0.717) is 59.5 Å². The van der Waals surface area contributed by atoms with Crippen molar-refractivity contribution in [1.82, 2.24) is 0 Å². The number of rotatable bonds is 16. The molecule has 0 fully saturated rings. The third-order valence-corrected chi connectivity index (χ3v) is 3.01. The van der Waals surface area contributed by atoms with Crippen molar-refractivity contribution in [2.45, 2.75) is 0 Å². The molecule has 1 rings (SSSR count). The molecule has 0 heterocycles. The topological polar surface area (TPSA) is 84.2 Å². The van der Waals surface area contributed by atoms with Gasteiger partial charge >= 0.3 is 0 Å². The van der Waals surface area contributed by atoms with Gasteiger partial charge in [0.05, 0.1) is 59.5 Å². The van der Waals surface area contributed by atoms with Crippen molar-refractivity contribution in [3.63, 3.8) is 0 Å². The van der Waals surface area contributed by atoms with Crippen LogP contribution in [0.4, 0.5) is 11.4 Å². The van der Waals surface area contributed by atoms with E-state index >= 15 is 0 Å². The van der Waals surface area contributed by atoms with Crippen LogP contribution in [0.5, 0.6) is 0 Å². The Morgan fingerprint density at radius 3 is 1.88 bits per heavy atom. The Labute approximate surface area is 144 Å². The molecule has 0 amide bonds. The minimum atomic E-state index is 0.559. The van der Waals surface area contributed by atoms with Gasteiger partial charge in [-0.1, -0.05) is 6.07 Å². The number of methoxy groups -OCH3 is 1. The molecule has 0 radical (unpaired) electrons. The van der Waals surface area contributed by atoms with Gasteiger partial charge in [0.1, 0.15) is 0 Å². The third kappa shape index (κ3) is 12.1. The first-order valence-electron chi connectivity index (χ1n) is 8.22. The van der Waals surface area contributed by atoms with E-state index in [1.807, 2.05) is 24.3 Å². The third-order valence-electron chi connectivity index (χ3n) is 3.01. The Morgan fingerprint density at radius 2 is 1.33 bits per heavy atom. The lowest BCUT2D eigenvalue weighted by atomic mass is 10.3. The number of nitrogens with two attached hydrogens (primary N) is 1. The average Bonchev–Trinajstić information content (AvgIpc) is 2.58. The van der Waals surface area contributed by atoms with E-state index in [1.54, 1.807) is 7.11 Å². The molecule has 0 aliphatic heterocycles. The number of ether oxygens (including phenoxy) is 5. The predicted molar refractivity (Wildman–Crippen MR) is 94.5 cm³/mol. The molecule has 7 nitrogen and oxygen atoms in total. The summed E-state index contributed by atoms with van der Waals surface area (Å²) in [6, 6.07) is 7.64. The van der Waals surface area contributed by atoms with Crippen LogP contribution in [-0.2, 0) is 23.7 Å². The van der Waals surface area contributed by atoms with Crippen LogP contribution in [0.1, 0.15) is 0 Å². The fraction of sp³-hybridized carbons (Fsp3) is 0.647. The van der Waals surface area contributed by atoms with Gasteiger partial charge in [-0.25, -0.2) is 0 Å².